The Bertz CT molecular complexity index is 692. The van der Waals surface area contributed by atoms with Crippen LogP contribution in [0.3, 0.4) is 0 Å². The first-order valence-electron chi connectivity index (χ1n) is 7.94. The molecule has 0 radical (unpaired) electrons. The zero-order valence-corrected chi connectivity index (χ0v) is 14.4. The van der Waals surface area contributed by atoms with Gasteiger partial charge in [0.1, 0.15) is 16.9 Å². The molecule has 2 fully saturated rings. The molecule has 1 N–H and O–H groups in total. The number of benzene rings is 1. The van der Waals surface area contributed by atoms with Gasteiger partial charge in [0.05, 0.1) is 0 Å². The highest BCUT2D eigenvalue weighted by Crippen LogP contribution is 2.48. The van der Waals surface area contributed by atoms with Crippen LogP contribution < -0.4 is 5.32 Å². The van der Waals surface area contributed by atoms with Crippen molar-refractivity contribution < 1.29 is 4.79 Å². The third kappa shape index (κ3) is 2.19. The van der Waals surface area contributed by atoms with E-state index in [-0.39, 0.29) is 18.0 Å². The van der Waals surface area contributed by atoms with Gasteiger partial charge in [0.2, 0.25) is 0 Å². The van der Waals surface area contributed by atoms with E-state index in [1.807, 2.05) is 42.4 Å². The van der Waals surface area contributed by atoms with Crippen molar-refractivity contribution >= 4 is 29.0 Å². The van der Waals surface area contributed by atoms with Crippen molar-refractivity contribution in [2.75, 3.05) is 13.6 Å². The summed E-state index contributed by atoms with van der Waals surface area (Å²) in [5, 5.41) is 4.94. The first kappa shape index (κ1) is 15.3. The Kier molecular flexibility index (Phi) is 3.59. The van der Waals surface area contributed by atoms with Gasteiger partial charge in [0.25, 0.3) is 0 Å². The average molecular weight is 352 g/mol. The molecule has 1 aromatic carbocycles. The third-order valence-corrected chi connectivity index (χ3v) is 5.73. The maximum Gasteiger partial charge on any atom is 0.161 e. The number of nitrogens with one attached hydrogen (secondary N) is 1. The van der Waals surface area contributed by atoms with Crippen LogP contribution in [0.5, 0.6) is 0 Å². The molecule has 1 spiro atoms. The first-order chi connectivity index (χ1) is 11.0. The van der Waals surface area contributed by atoms with Crippen molar-refractivity contribution in [3.8, 4) is 0 Å². The molecule has 3 unspecified atom stereocenters. The van der Waals surface area contributed by atoms with E-state index in [0.717, 1.165) is 18.4 Å². The second-order valence-corrected chi connectivity index (χ2v) is 7.48. The lowest BCUT2D eigenvalue weighted by atomic mass is 9.75. The van der Waals surface area contributed by atoms with Gasteiger partial charge >= 0.3 is 0 Å². The van der Waals surface area contributed by atoms with Gasteiger partial charge in [-0.2, -0.15) is 0 Å². The van der Waals surface area contributed by atoms with E-state index in [1.165, 1.54) is 0 Å². The molecule has 2 heterocycles. The van der Waals surface area contributed by atoms with Crippen molar-refractivity contribution in [2.24, 2.45) is 0 Å². The van der Waals surface area contributed by atoms with Gasteiger partial charge in [-0.05, 0) is 30.5 Å². The molecule has 3 atom stereocenters. The van der Waals surface area contributed by atoms with Gasteiger partial charge in [0, 0.05) is 37.3 Å². The minimum Gasteiger partial charge on any atom is -0.375 e. The molecule has 3 aliphatic rings. The first-order valence-corrected chi connectivity index (χ1v) is 8.70. The van der Waals surface area contributed by atoms with Crippen molar-refractivity contribution in [2.45, 2.75) is 37.0 Å². The van der Waals surface area contributed by atoms with Crippen molar-refractivity contribution in [1.82, 2.24) is 15.1 Å². The molecule has 0 aromatic heterocycles. The summed E-state index contributed by atoms with van der Waals surface area (Å²) >= 11 is 12.8. The number of likely N-dealkylation sites (N-methyl/N-ethyl adjacent to an activating group) is 1. The number of carbonyl (C=O) groups excluding carboxylic acids is 1. The molecule has 0 amide bonds. The Morgan fingerprint density at radius 1 is 1.35 bits per heavy atom. The zero-order valence-electron chi connectivity index (χ0n) is 12.9. The summed E-state index contributed by atoms with van der Waals surface area (Å²) in [6.07, 6.45) is 4.31. The summed E-state index contributed by atoms with van der Waals surface area (Å²) < 4.78 is 0. The van der Waals surface area contributed by atoms with Gasteiger partial charge in [-0.3, -0.25) is 10.1 Å². The fourth-order valence-electron chi connectivity index (χ4n) is 4.32. The van der Waals surface area contributed by atoms with E-state index in [2.05, 4.69) is 10.2 Å². The number of ketones is 1. The SMILES string of the molecule is CN1C=C(Cl)N2C(c3cccc(Cl)c3)NC3CCCC(=O)C32C1. The van der Waals surface area contributed by atoms with E-state index in [1.54, 1.807) is 0 Å². The van der Waals surface area contributed by atoms with Crippen LogP contribution in [0.1, 0.15) is 31.0 Å². The van der Waals surface area contributed by atoms with Crippen molar-refractivity contribution in [1.29, 1.82) is 0 Å². The Labute approximate surface area is 146 Å². The largest absolute Gasteiger partial charge is 0.375 e. The van der Waals surface area contributed by atoms with E-state index >= 15 is 0 Å². The predicted octanol–water partition coefficient (Wildman–Crippen LogP) is 3.09. The Hall–Kier alpha value is -1.23. The molecule has 23 heavy (non-hydrogen) atoms. The summed E-state index contributed by atoms with van der Waals surface area (Å²) in [4.78, 5) is 17.0. The molecule has 1 saturated heterocycles. The van der Waals surface area contributed by atoms with Crippen molar-refractivity contribution in [3.63, 3.8) is 0 Å². The smallest absolute Gasteiger partial charge is 0.161 e. The second-order valence-electron chi connectivity index (χ2n) is 6.65. The summed E-state index contributed by atoms with van der Waals surface area (Å²) in [5.74, 6) is 0.281. The number of nitrogens with zero attached hydrogens (tertiary/aromatic N) is 2. The zero-order chi connectivity index (χ0) is 16.2. The van der Waals surface area contributed by atoms with E-state index in [4.69, 9.17) is 23.2 Å². The lowest BCUT2D eigenvalue weighted by Gasteiger charge is -2.49. The highest BCUT2D eigenvalue weighted by atomic mass is 35.5. The summed E-state index contributed by atoms with van der Waals surface area (Å²) in [7, 11) is 1.97. The molecule has 122 valence electrons. The van der Waals surface area contributed by atoms with E-state index in [0.29, 0.717) is 23.1 Å². The van der Waals surface area contributed by atoms with E-state index in [9.17, 15) is 4.79 Å². The fourth-order valence-corrected chi connectivity index (χ4v) is 4.93. The standard InChI is InChI=1S/C17H19Cl2N3O/c1-21-9-15(19)22-16(11-4-2-5-12(18)8-11)20-13-6-3-7-14(23)17(13,22)10-21/h2,4-5,8-9,13,16,20H,3,6-7,10H2,1H3. The fraction of sp³-hybridized carbons (Fsp3) is 0.471. The number of carbonyl (C=O) groups is 1. The second kappa shape index (κ2) is 5.40. The summed E-state index contributed by atoms with van der Waals surface area (Å²) in [5.41, 5.74) is 0.460. The van der Waals surface area contributed by atoms with Gasteiger partial charge in [0.15, 0.2) is 5.78 Å². The normalized spacial score (nSPS) is 33.3. The molecular formula is C17H19Cl2N3O. The van der Waals surface area contributed by atoms with Gasteiger partial charge in [-0.1, -0.05) is 35.3 Å². The summed E-state index contributed by atoms with van der Waals surface area (Å²) in [6, 6.07) is 7.87. The van der Waals surface area contributed by atoms with E-state index < -0.39 is 5.54 Å². The molecule has 6 heteroatoms. The van der Waals surface area contributed by atoms with Crippen LogP contribution in [-0.2, 0) is 4.79 Å². The molecule has 1 aromatic rings. The van der Waals surface area contributed by atoms with Crippen LogP contribution in [0.4, 0.5) is 0 Å². The van der Waals surface area contributed by atoms with Gasteiger partial charge < -0.3 is 9.80 Å². The number of Topliss-reactive ketones (excluding diaryl/α,β-unsaturated/α-hetero) is 1. The minimum absolute atomic E-state index is 0.109. The number of hydrogen-bond donors (Lipinski definition) is 1. The lowest BCUT2D eigenvalue weighted by Crippen LogP contribution is -2.65. The number of hydrogen-bond acceptors (Lipinski definition) is 4. The molecular weight excluding hydrogens is 333 g/mol. The molecule has 4 rings (SSSR count). The Morgan fingerprint density at radius 2 is 2.17 bits per heavy atom. The summed E-state index contributed by atoms with van der Waals surface area (Å²) in [6.45, 7) is 0.663. The quantitative estimate of drug-likeness (QED) is 0.788. The van der Waals surface area contributed by atoms with Crippen LogP contribution in [0.15, 0.2) is 35.6 Å². The molecule has 1 saturated carbocycles. The molecule has 4 nitrogen and oxygen atoms in total. The third-order valence-electron chi connectivity index (χ3n) is 5.22. The maximum atomic E-state index is 12.9. The number of rotatable bonds is 1. The predicted molar refractivity (Wildman–Crippen MR) is 91.1 cm³/mol. The Balaban J connectivity index is 1.84. The van der Waals surface area contributed by atoms with Crippen LogP contribution in [0, 0.1) is 0 Å². The number of halogens is 2. The molecule has 0 bridgehead atoms. The maximum absolute atomic E-state index is 12.9. The molecule has 2 aliphatic heterocycles. The van der Waals surface area contributed by atoms with Crippen LogP contribution in [0.2, 0.25) is 5.02 Å². The topological polar surface area (TPSA) is 35.6 Å². The van der Waals surface area contributed by atoms with Crippen LogP contribution >= 0.6 is 23.2 Å². The van der Waals surface area contributed by atoms with Gasteiger partial charge in [-0.15, -0.1) is 0 Å². The monoisotopic (exact) mass is 351 g/mol. The highest BCUT2D eigenvalue weighted by molar-refractivity contribution is 6.30. The highest BCUT2D eigenvalue weighted by Gasteiger charge is 2.61. The van der Waals surface area contributed by atoms with Crippen LogP contribution in [0.25, 0.3) is 0 Å². The van der Waals surface area contributed by atoms with Crippen LogP contribution in [-0.4, -0.2) is 40.8 Å². The minimum atomic E-state index is -0.578. The molecule has 1 aliphatic carbocycles. The van der Waals surface area contributed by atoms with Crippen molar-refractivity contribution in [3.05, 3.63) is 46.2 Å². The average Bonchev–Trinajstić information content (AvgIpc) is 2.84. The lowest BCUT2D eigenvalue weighted by molar-refractivity contribution is -0.133. The Morgan fingerprint density at radius 3 is 2.96 bits per heavy atom. The van der Waals surface area contributed by atoms with Gasteiger partial charge in [-0.25, -0.2) is 0 Å².